The fraction of sp³-hybridized carbons (Fsp3) is 0.200. The number of aryl methyl sites for hydroxylation is 2. The lowest BCUT2D eigenvalue weighted by Crippen LogP contribution is -1.91. The summed E-state index contributed by atoms with van der Waals surface area (Å²) in [4.78, 5) is 0. The zero-order valence-corrected chi connectivity index (χ0v) is 10.6. The molecule has 0 aliphatic carbocycles. The van der Waals surface area contributed by atoms with E-state index in [0.29, 0.717) is 0 Å². The average Bonchev–Trinajstić information content (AvgIpc) is 2.28. The van der Waals surface area contributed by atoms with Gasteiger partial charge in [-0.05, 0) is 48.6 Å². The van der Waals surface area contributed by atoms with Gasteiger partial charge in [0.15, 0.2) is 0 Å². The first-order chi connectivity index (χ1) is 7.61. The molecule has 0 unspecified atom stereocenters. The van der Waals surface area contributed by atoms with Gasteiger partial charge in [-0.25, -0.2) is 0 Å². The first-order valence-corrected chi connectivity index (χ1v) is 5.80. The van der Waals surface area contributed by atoms with Gasteiger partial charge in [-0.15, -0.1) is 0 Å². The molecule has 1 heteroatoms. The van der Waals surface area contributed by atoms with E-state index in [4.69, 9.17) is 11.6 Å². The molecule has 0 fully saturated rings. The van der Waals surface area contributed by atoms with E-state index >= 15 is 0 Å². The molecule has 0 spiro atoms. The second kappa shape index (κ2) is 4.31. The Balaban J connectivity index is 2.71. The van der Waals surface area contributed by atoms with E-state index in [2.05, 4.69) is 51.1 Å². The van der Waals surface area contributed by atoms with Crippen molar-refractivity contribution in [2.75, 3.05) is 0 Å². The van der Waals surface area contributed by atoms with Gasteiger partial charge in [0.05, 0.1) is 0 Å². The van der Waals surface area contributed by atoms with Crippen LogP contribution >= 0.6 is 11.6 Å². The van der Waals surface area contributed by atoms with Crippen LogP contribution in [0.4, 0.5) is 0 Å². The standard InChI is InChI=1S/C15H15Cl/c1-10-9-11(2)15(16)12(3)14(10)13-7-5-4-6-8-13/h4-9H,1-3H3. The SMILES string of the molecule is Cc1cc(C)c(-c2ccccc2)c(C)c1Cl. The van der Waals surface area contributed by atoms with Crippen LogP contribution in [0.1, 0.15) is 16.7 Å². The molecule has 0 N–H and O–H groups in total. The molecule has 0 amide bonds. The van der Waals surface area contributed by atoms with Crippen molar-refractivity contribution in [1.82, 2.24) is 0 Å². The Labute approximate surface area is 102 Å². The summed E-state index contributed by atoms with van der Waals surface area (Å²) in [5.74, 6) is 0. The highest BCUT2D eigenvalue weighted by atomic mass is 35.5. The summed E-state index contributed by atoms with van der Waals surface area (Å²) >= 11 is 6.30. The quantitative estimate of drug-likeness (QED) is 0.652. The minimum absolute atomic E-state index is 0.879. The van der Waals surface area contributed by atoms with Crippen molar-refractivity contribution < 1.29 is 0 Å². The molecule has 0 nitrogen and oxygen atoms in total. The third-order valence-corrected chi connectivity index (χ3v) is 3.52. The second-order valence-corrected chi connectivity index (χ2v) is 4.57. The van der Waals surface area contributed by atoms with Crippen molar-refractivity contribution in [3.8, 4) is 11.1 Å². The van der Waals surface area contributed by atoms with E-state index in [9.17, 15) is 0 Å². The molecular weight excluding hydrogens is 216 g/mol. The van der Waals surface area contributed by atoms with Crippen molar-refractivity contribution in [3.63, 3.8) is 0 Å². The molecule has 0 radical (unpaired) electrons. The van der Waals surface area contributed by atoms with Crippen LogP contribution < -0.4 is 0 Å². The Kier molecular flexibility index (Phi) is 3.02. The maximum absolute atomic E-state index is 6.30. The molecule has 0 aliphatic rings. The Hall–Kier alpha value is -1.27. The van der Waals surface area contributed by atoms with Crippen LogP contribution in [0.2, 0.25) is 5.02 Å². The van der Waals surface area contributed by atoms with E-state index in [1.165, 1.54) is 22.3 Å². The summed E-state index contributed by atoms with van der Waals surface area (Å²) in [6.45, 7) is 6.28. The van der Waals surface area contributed by atoms with Crippen LogP contribution in [0.15, 0.2) is 36.4 Å². The fourth-order valence-corrected chi connectivity index (χ4v) is 2.36. The summed E-state index contributed by atoms with van der Waals surface area (Å²) in [5.41, 5.74) is 6.10. The van der Waals surface area contributed by atoms with Gasteiger partial charge < -0.3 is 0 Å². The minimum Gasteiger partial charge on any atom is -0.0837 e. The van der Waals surface area contributed by atoms with Gasteiger partial charge in [0.25, 0.3) is 0 Å². The molecule has 2 aromatic rings. The van der Waals surface area contributed by atoms with Crippen LogP contribution in [-0.2, 0) is 0 Å². The zero-order chi connectivity index (χ0) is 11.7. The lowest BCUT2D eigenvalue weighted by molar-refractivity contribution is 1.32. The number of benzene rings is 2. The van der Waals surface area contributed by atoms with Gasteiger partial charge in [0.1, 0.15) is 0 Å². The second-order valence-electron chi connectivity index (χ2n) is 4.19. The summed E-state index contributed by atoms with van der Waals surface area (Å²) in [7, 11) is 0. The Morgan fingerprint density at radius 3 is 2.12 bits per heavy atom. The molecular formula is C15H15Cl. The number of rotatable bonds is 1. The molecule has 0 heterocycles. The number of hydrogen-bond donors (Lipinski definition) is 0. The molecule has 0 saturated heterocycles. The molecule has 0 bridgehead atoms. The highest BCUT2D eigenvalue weighted by Crippen LogP contribution is 2.33. The average molecular weight is 231 g/mol. The smallest absolute Gasteiger partial charge is 0.0470 e. The molecule has 2 aromatic carbocycles. The van der Waals surface area contributed by atoms with Gasteiger partial charge in [-0.3, -0.25) is 0 Å². The predicted molar refractivity (Wildman–Crippen MR) is 71.1 cm³/mol. The van der Waals surface area contributed by atoms with Crippen molar-refractivity contribution in [1.29, 1.82) is 0 Å². The lowest BCUT2D eigenvalue weighted by Gasteiger charge is -2.13. The van der Waals surface area contributed by atoms with Crippen LogP contribution in [0.3, 0.4) is 0 Å². The van der Waals surface area contributed by atoms with Crippen molar-refractivity contribution >= 4 is 11.6 Å². The van der Waals surface area contributed by atoms with Crippen LogP contribution in [0, 0.1) is 20.8 Å². The van der Waals surface area contributed by atoms with Gasteiger partial charge >= 0.3 is 0 Å². The highest BCUT2D eigenvalue weighted by molar-refractivity contribution is 6.32. The number of halogens is 1. The van der Waals surface area contributed by atoms with E-state index in [-0.39, 0.29) is 0 Å². The normalized spacial score (nSPS) is 10.5. The Bertz CT molecular complexity index is 513. The maximum Gasteiger partial charge on any atom is 0.0470 e. The van der Waals surface area contributed by atoms with Crippen LogP contribution in [0.25, 0.3) is 11.1 Å². The highest BCUT2D eigenvalue weighted by Gasteiger charge is 2.10. The summed E-state index contributed by atoms with van der Waals surface area (Å²) in [6.07, 6.45) is 0. The molecule has 2 rings (SSSR count). The van der Waals surface area contributed by atoms with Crippen molar-refractivity contribution in [2.45, 2.75) is 20.8 Å². The predicted octanol–water partition coefficient (Wildman–Crippen LogP) is 4.93. The number of hydrogen-bond acceptors (Lipinski definition) is 0. The molecule has 16 heavy (non-hydrogen) atoms. The van der Waals surface area contributed by atoms with Crippen LogP contribution in [-0.4, -0.2) is 0 Å². The monoisotopic (exact) mass is 230 g/mol. The Morgan fingerprint density at radius 1 is 0.875 bits per heavy atom. The van der Waals surface area contributed by atoms with E-state index < -0.39 is 0 Å². The first kappa shape index (κ1) is 11.2. The Morgan fingerprint density at radius 2 is 1.50 bits per heavy atom. The largest absolute Gasteiger partial charge is 0.0837 e. The van der Waals surface area contributed by atoms with Gasteiger partial charge in [0.2, 0.25) is 0 Å². The lowest BCUT2D eigenvalue weighted by atomic mass is 9.94. The van der Waals surface area contributed by atoms with Gasteiger partial charge in [0, 0.05) is 5.02 Å². The summed E-state index contributed by atoms with van der Waals surface area (Å²) in [6, 6.07) is 12.5. The molecule has 82 valence electrons. The van der Waals surface area contributed by atoms with Crippen LogP contribution in [0.5, 0.6) is 0 Å². The third-order valence-electron chi connectivity index (χ3n) is 2.94. The topological polar surface area (TPSA) is 0 Å². The van der Waals surface area contributed by atoms with E-state index in [0.717, 1.165) is 10.6 Å². The summed E-state index contributed by atoms with van der Waals surface area (Å²) in [5, 5.41) is 0.879. The van der Waals surface area contributed by atoms with Crippen molar-refractivity contribution in [2.24, 2.45) is 0 Å². The summed E-state index contributed by atoms with van der Waals surface area (Å²) < 4.78 is 0. The minimum atomic E-state index is 0.879. The maximum atomic E-state index is 6.30. The third kappa shape index (κ3) is 1.85. The van der Waals surface area contributed by atoms with Gasteiger partial charge in [-0.2, -0.15) is 0 Å². The molecule has 0 saturated carbocycles. The first-order valence-electron chi connectivity index (χ1n) is 5.43. The van der Waals surface area contributed by atoms with E-state index in [1.54, 1.807) is 0 Å². The molecule has 0 aromatic heterocycles. The zero-order valence-electron chi connectivity index (χ0n) is 9.84. The van der Waals surface area contributed by atoms with Gasteiger partial charge in [-0.1, -0.05) is 48.0 Å². The van der Waals surface area contributed by atoms with Crippen molar-refractivity contribution in [3.05, 3.63) is 58.1 Å². The fourth-order valence-electron chi connectivity index (χ4n) is 2.21. The van der Waals surface area contributed by atoms with E-state index in [1.807, 2.05) is 6.07 Å². The molecule has 0 aliphatic heterocycles. The molecule has 0 atom stereocenters.